The largest absolute Gasteiger partial charge is 0.508 e. The van der Waals surface area contributed by atoms with Gasteiger partial charge in [-0.3, -0.25) is 4.79 Å². The minimum absolute atomic E-state index is 0.0651. The van der Waals surface area contributed by atoms with E-state index in [1.54, 1.807) is 6.92 Å². The van der Waals surface area contributed by atoms with Crippen molar-refractivity contribution in [3.05, 3.63) is 34.4 Å². The molecular formula is C23H28O5. The lowest BCUT2D eigenvalue weighted by Gasteiger charge is -2.56. The number of phenols is 2. The van der Waals surface area contributed by atoms with Gasteiger partial charge in [-0.15, -0.1) is 0 Å². The Hall–Kier alpha value is -2.30. The molecule has 0 amide bonds. The van der Waals surface area contributed by atoms with Crippen LogP contribution < -0.4 is 0 Å². The average Bonchev–Trinajstić information content (AvgIpc) is 2.87. The summed E-state index contributed by atoms with van der Waals surface area (Å²) in [6.45, 7) is 8.43. The molecule has 28 heavy (non-hydrogen) atoms. The zero-order valence-electron chi connectivity index (χ0n) is 16.9. The molecule has 3 aliphatic carbocycles. The van der Waals surface area contributed by atoms with Crippen molar-refractivity contribution in [1.29, 1.82) is 0 Å². The maximum Gasteiger partial charge on any atom is 0.342 e. The van der Waals surface area contributed by atoms with Crippen LogP contribution in [0.5, 0.6) is 11.5 Å². The molecule has 0 heterocycles. The number of benzene rings is 1. The van der Waals surface area contributed by atoms with Gasteiger partial charge in [0, 0.05) is 6.07 Å². The molecule has 0 aromatic heterocycles. The summed E-state index contributed by atoms with van der Waals surface area (Å²) in [6.07, 6.45) is 4.25. The SMILES string of the molecule is Cc1cc(O)cc(O)c1C(=O)O[C@@H]1C[C@@]2(C)C1=C(C=O)C[C@@H]1CC(C)(C)C[C@@H]12. The lowest BCUT2D eigenvalue weighted by atomic mass is 9.50. The molecule has 0 saturated heterocycles. The van der Waals surface area contributed by atoms with E-state index in [1.807, 2.05) is 0 Å². The fourth-order valence-electron chi connectivity index (χ4n) is 6.22. The van der Waals surface area contributed by atoms with Gasteiger partial charge < -0.3 is 14.9 Å². The van der Waals surface area contributed by atoms with E-state index in [0.717, 1.165) is 42.8 Å². The molecule has 2 N–H and O–H groups in total. The molecule has 2 fully saturated rings. The molecule has 4 atom stereocenters. The first kappa shape index (κ1) is 19.0. The van der Waals surface area contributed by atoms with Crippen molar-refractivity contribution in [3.8, 4) is 11.5 Å². The maximum absolute atomic E-state index is 12.7. The Bertz CT molecular complexity index is 873. The third-order valence-corrected chi connectivity index (χ3v) is 7.24. The Morgan fingerprint density at radius 1 is 1.18 bits per heavy atom. The quantitative estimate of drug-likeness (QED) is 0.600. The van der Waals surface area contributed by atoms with Gasteiger partial charge in [0.15, 0.2) is 0 Å². The molecule has 0 radical (unpaired) electrons. The summed E-state index contributed by atoms with van der Waals surface area (Å²) in [7, 11) is 0. The second kappa shape index (κ2) is 6.10. The summed E-state index contributed by atoms with van der Waals surface area (Å²) < 4.78 is 5.74. The van der Waals surface area contributed by atoms with Gasteiger partial charge in [-0.25, -0.2) is 4.79 Å². The highest BCUT2D eigenvalue weighted by Gasteiger charge is 2.61. The Kier molecular flexibility index (Phi) is 4.15. The van der Waals surface area contributed by atoms with Crippen molar-refractivity contribution < 1.29 is 24.5 Å². The fraction of sp³-hybridized carbons (Fsp3) is 0.565. The normalized spacial score (nSPS) is 32.9. The van der Waals surface area contributed by atoms with Crippen molar-refractivity contribution in [2.45, 2.75) is 59.5 Å². The molecule has 3 aliphatic rings. The Balaban J connectivity index is 1.61. The monoisotopic (exact) mass is 384 g/mol. The number of aromatic hydroxyl groups is 2. The van der Waals surface area contributed by atoms with Gasteiger partial charge in [0.2, 0.25) is 0 Å². The van der Waals surface area contributed by atoms with Crippen LogP contribution in [0.25, 0.3) is 0 Å². The molecule has 0 aliphatic heterocycles. The molecule has 5 heteroatoms. The highest BCUT2D eigenvalue weighted by molar-refractivity contribution is 5.94. The number of aryl methyl sites for hydroxylation is 1. The van der Waals surface area contributed by atoms with Crippen LogP contribution in [-0.2, 0) is 9.53 Å². The van der Waals surface area contributed by atoms with Gasteiger partial charge >= 0.3 is 5.97 Å². The number of esters is 1. The van der Waals surface area contributed by atoms with E-state index in [0.29, 0.717) is 23.8 Å². The predicted octanol–water partition coefficient (Wildman–Crippen LogP) is 4.29. The fourth-order valence-corrected chi connectivity index (χ4v) is 6.22. The third kappa shape index (κ3) is 2.75. The van der Waals surface area contributed by atoms with E-state index >= 15 is 0 Å². The van der Waals surface area contributed by atoms with Crippen LogP contribution in [0.2, 0.25) is 0 Å². The summed E-state index contributed by atoms with van der Waals surface area (Å²) in [6, 6.07) is 2.56. The van der Waals surface area contributed by atoms with Crippen LogP contribution in [0.15, 0.2) is 23.3 Å². The second-order valence-electron chi connectivity index (χ2n) is 9.87. The molecule has 0 unspecified atom stereocenters. The lowest BCUT2D eigenvalue weighted by molar-refractivity contribution is -0.106. The molecule has 0 spiro atoms. The number of aldehydes is 1. The molecule has 1 aromatic carbocycles. The summed E-state index contributed by atoms with van der Waals surface area (Å²) in [5.41, 5.74) is 2.47. The van der Waals surface area contributed by atoms with Gasteiger partial charge in [0.05, 0.1) is 0 Å². The minimum atomic E-state index is -0.617. The smallest absolute Gasteiger partial charge is 0.342 e. The van der Waals surface area contributed by atoms with Crippen molar-refractivity contribution in [2.75, 3.05) is 0 Å². The van der Waals surface area contributed by atoms with Crippen LogP contribution in [0.4, 0.5) is 0 Å². The molecule has 150 valence electrons. The number of hydrogen-bond acceptors (Lipinski definition) is 5. The first-order valence-corrected chi connectivity index (χ1v) is 9.98. The minimum Gasteiger partial charge on any atom is -0.508 e. The van der Waals surface area contributed by atoms with Gasteiger partial charge in [0.1, 0.15) is 29.5 Å². The number of carbonyl (C=O) groups is 2. The van der Waals surface area contributed by atoms with Gasteiger partial charge in [0.25, 0.3) is 0 Å². The number of hydrogen-bond donors (Lipinski definition) is 2. The van der Waals surface area contributed by atoms with E-state index in [2.05, 4.69) is 20.8 Å². The van der Waals surface area contributed by atoms with Crippen LogP contribution in [-0.4, -0.2) is 28.6 Å². The average molecular weight is 384 g/mol. The number of carbonyl (C=O) groups excluding carboxylic acids is 2. The summed E-state index contributed by atoms with van der Waals surface area (Å²) >= 11 is 0. The van der Waals surface area contributed by atoms with Crippen molar-refractivity contribution in [3.63, 3.8) is 0 Å². The predicted molar refractivity (Wildman–Crippen MR) is 104 cm³/mol. The van der Waals surface area contributed by atoms with Crippen molar-refractivity contribution in [2.24, 2.45) is 22.7 Å². The third-order valence-electron chi connectivity index (χ3n) is 7.24. The number of phenolic OH excluding ortho intramolecular Hbond substituents is 2. The van der Waals surface area contributed by atoms with Crippen molar-refractivity contribution in [1.82, 2.24) is 0 Å². The van der Waals surface area contributed by atoms with E-state index in [4.69, 9.17) is 4.74 Å². The highest BCUT2D eigenvalue weighted by Crippen LogP contribution is 2.66. The van der Waals surface area contributed by atoms with E-state index < -0.39 is 12.1 Å². The van der Waals surface area contributed by atoms with Gasteiger partial charge in [-0.1, -0.05) is 20.8 Å². The van der Waals surface area contributed by atoms with Crippen LogP contribution in [0.1, 0.15) is 62.4 Å². The summed E-state index contributed by atoms with van der Waals surface area (Å²) in [5, 5.41) is 19.6. The number of allylic oxidation sites excluding steroid dienone is 1. The second-order valence-corrected chi connectivity index (χ2v) is 9.87. The molecule has 2 saturated carbocycles. The summed E-state index contributed by atoms with van der Waals surface area (Å²) in [5.74, 6) is 0.0175. The molecule has 1 aromatic rings. The van der Waals surface area contributed by atoms with Crippen molar-refractivity contribution >= 4 is 12.3 Å². The topological polar surface area (TPSA) is 83.8 Å². The Morgan fingerprint density at radius 2 is 1.89 bits per heavy atom. The Labute approximate surface area is 165 Å². The highest BCUT2D eigenvalue weighted by atomic mass is 16.5. The van der Waals surface area contributed by atoms with Crippen LogP contribution in [0, 0.1) is 29.6 Å². The molecule has 4 rings (SSSR count). The van der Waals surface area contributed by atoms with Crippen LogP contribution in [0.3, 0.4) is 0 Å². The van der Waals surface area contributed by atoms with E-state index in [9.17, 15) is 19.8 Å². The maximum atomic E-state index is 12.7. The van der Waals surface area contributed by atoms with Crippen LogP contribution >= 0.6 is 0 Å². The first-order valence-electron chi connectivity index (χ1n) is 9.98. The Morgan fingerprint density at radius 3 is 2.54 bits per heavy atom. The number of fused-ring (bicyclic) bond motifs is 3. The molecule has 5 nitrogen and oxygen atoms in total. The lowest BCUT2D eigenvalue weighted by Crippen LogP contribution is -2.53. The standard InChI is InChI=1S/C23H28O5/c1-12-5-15(25)7-17(26)19(12)21(27)28-18-10-23(4)16-9-22(2,3)8-13(16)6-14(11-24)20(18)23/h5,7,11,13,16,18,25-26H,6,8-10H2,1-4H3/t13-,16+,18-,23-/m1/s1. The zero-order chi connectivity index (χ0) is 20.4. The summed E-state index contributed by atoms with van der Waals surface area (Å²) in [4.78, 5) is 24.6. The van der Waals surface area contributed by atoms with Gasteiger partial charge in [-0.2, -0.15) is 0 Å². The molecule has 0 bridgehead atoms. The van der Waals surface area contributed by atoms with E-state index in [-0.39, 0.29) is 27.9 Å². The van der Waals surface area contributed by atoms with Gasteiger partial charge in [-0.05, 0) is 78.0 Å². The number of ether oxygens (including phenoxy) is 1. The first-order chi connectivity index (χ1) is 13.1. The zero-order valence-corrected chi connectivity index (χ0v) is 16.9. The van der Waals surface area contributed by atoms with E-state index in [1.165, 1.54) is 6.07 Å². The molecular weight excluding hydrogens is 356 g/mol. The number of rotatable bonds is 3.